The quantitative estimate of drug-likeness (QED) is 0.544. The molecule has 0 bridgehead atoms. The minimum absolute atomic E-state index is 0.0925. The number of benzene rings is 1. The molecule has 1 aliphatic heterocycles. The monoisotopic (exact) mass is 337 g/mol. The number of para-hydroxylation sites is 2. The highest BCUT2D eigenvalue weighted by Crippen LogP contribution is 2.29. The van der Waals surface area contributed by atoms with Gasteiger partial charge in [-0.05, 0) is 37.1 Å². The highest BCUT2D eigenvalue weighted by Gasteiger charge is 2.32. The van der Waals surface area contributed by atoms with E-state index in [0.717, 1.165) is 29.7 Å². The van der Waals surface area contributed by atoms with Crippen LogP contribution in [0.1, 0.15) is 35.1 Å². The van der Waals surface area contributed by atoms with Crippen molar-refractivity contribution in [1.29, 1.82) is 0 Å². The molecule has 4 rings (SSSR count). The molecule has 0 spiro atoms. The molecule has 0 saturated carbocycles. The molecule has 1 atom stereocenters. The Hall–Kier alpha value is -2.89. The number of rotatable bonds is 3. The molecule has 1 amide bonds. The highest BCUT2D eigenvalue weighted by molar-refractivity contribution is 6.41. The van der Waals surface area contributed by atoms with Gasteiger partial charge in [-0.1, -0.05) is 12.1 Å². The summed E-state index contributed by atoms with van der Waals surface area (Å²) < 4.78 is 7.15. The molecule has 1 fully saturated rings. The van der Waals surface area contributed by atoms with E-state index >= 15 is 0 Å². The largest absolute Gasteiger partial charge is 0.461 e. The molecule has 128 valence electrons. The van der Waals surface area contributed by atoms with Crippen molar-refractivity contribution in [3.05, 3.63) is 54.2 Å². The van der Waals surface area contributed by atoms with Gasteiger partial charge in [-0.25, -0.2) is 4.98 Å². The van der Waals surface area contributed by atoms with E-state index in [4.69, 9.17) is 9.40 Å². The van der Waals surface area contributed by atoms with Gasteiger partial charge in [0.2, 0.25) is 0 Å². The molecule has 2 aromatic heterocycles. The van der Waals surface area contributed by atoms with Crippen molar-refractivity contribution in [2.24, 2.45) is 7.05 Å². The zero-order chi connectivity index (χ0) is 17.4. The maximum absolute atomic E-state index is 12.5. The molecule has 0 aliphatic carbocycles. The minimum atomic E-state index is -0.587. The van der Waals surface area contributed by atoms with Crippen molar-refractivity contribution >= 4 is 22.7 Å². The lowest BCUT2D eigenvalue weighted by Crippen LogP contribution is -2.43. The Kier molecular flexibility index (Phi) is 3.87. The molecule has 1 aromatic carbocycles. The van der Waals surface area contributed by atoms with Gasteiger partial charge in [-0.15, -0.1) is 0 Å². The van der Waals surface area contributed by atoms with Crippen molar-refractivity contribution in [3.8, 4) is 0 Å². The summed E-state index contributed by atoms with van der Waals surface area (Å²) in [4.78, 5) is 31.1. The number of Topliss-reactive ketones (excluding diaryl/α,β-unsaturated/α-hetero) is 1. The van der Waals surface area contributed by atoms with E-state index in [0.29, 0.717) is 13.1 Å². The van der Waals surface area contributed by atoms with Gasteiger partial charge >= 0.3 is 0 Å². The van der Waals surface area contributed by atoms with Gasteiger partial charge in [0.1, 0.15) is 5.82 Å². The molecule has 3 heterocycles. The van der Waals surface area contributed by atoms with Crippen LogP contribution in [0, 0.1) is 0 Å². The van der Waals surface area contributed by atoms with Crippen LogP contribution in [-0.2, 0) is 11.8 Å². The topological polar surface area (TPSA) is 68.3 Å². The molecular formula is C19H19N3O3. The molecule has 6 heteroatoms. The molecule has 6 nitrogen and oxygen atoms in total. The van der Waals surface area contributed by atoms with Crippen LogP contribution in [0.5, 0.6) is 0 Å². The summed E-state index contributed by atoms with van der Waals surface area (Å²) in [6.45, 7) is 1.09. The number of carbonyl (C=O) groups excluding carboxylic acids is 2. The molecule has 0 radical (unpaired) electrons. The number of likely N-dealkylation sites (tertiary alicyclic amines) is 1. The van der Waals surface area contributed by atoms with Crippen LogP contribution in [0.2, 0.25) is 0 Å². The number of imidazole rings is 1. The Morgan fingerprint density at radius 2 is 2.04 bits per heavy atom. The van der Waals surface area contributed by atoms with Gasteiger partial charge < -0.3 is 13.9 Å². The zero-order valence-electron chi connectivity index (χ0n) is 14.0. The second kappa shape index (κ2) is 6.20. The summed E-state index contributed by atoms with van der Waals surface area (Å²) in [6, 6.07) is 11.1. The number of aryl methyl sites for hydroxylation is 1. The smallest absolute Gasteiger partial charge is 0.298 e. The second-order valence-electron chi connectivity index (χ2n) is 6.41. The molecule has 0 unspecified atom stereocenters. The van der Waals surface area contributed by atoms with E-state index in [9.17, 15) is 9.59 Å². The first kappa shape index (κ1) is 15.6. The number of fused-ring (bicyclic) bond motifs is 1. The maximum atomic E-state index is 12.5. The third kappa shape index (κ3) is 2.73. The number of furan rings is 1. The van der Waals surface area contributed by atoms with Crippen molar-refractivity contribution in [2.45, 2.75) is 18.8 Å². The molecular weight excluding hydrogens is 318 g/mol. The summed E-state index contributed by atoms with van der Waals surface area (Å²) >= 11 is 0. The van der Waals surface area contributed by atoms with Gasteiger partial charge in [0, 0.05) is 26.1 Å². The number of amides is 1. The summed E-state index contributed by atoms with van der Waals surface area (Å²) in [5.41, 5.74) is 2.03. The Morgan fingerprint density at radius 1 is 1.20 bits per heavy atom. The lowest BCUT2D eigenvalue weighted by molar-refractivity contribution is -0.127. The summed E-state index contributed by atoms with van der Waals surface area (Å²) in [6.07, 6.45) is 3.21. The van der Waals surface area contributed by atoms with E-state index in [2.05, 4.69) is 4.57 Å². The lowest BCUT2D eigenvalue weighted by Gasteiger charge is -2.31. The van der Waals surface area contributed by atoms with Crippen LogP contribution in [0.4, 0.5) is 0 Å². The number of nitrogens with zero attached hydrogens (tertiary/aromatic N) is 3. The summed E-state index contributed by atoms with van der Waals surface area (Å²) in [7, 11) is 2.00. The van der Waals surface area contributed by atoms with Gasteiger partial charge in [0.25, 0.3) is 11.7 Å². The molecule has 25 heavy (non-hydrogen) atoms. The zero-order valence-corrected chi connectivity index (χ0v) is 14.0. The number of piperidine rings is 1. The lowest BCUT2D eigenvalue weighted by atomic mass is 9.96. The van der Waals surface area contributed by atoms with E-state index in [1.165, 1.54) is 12.3 Å². The predicted octanol–water partition coefficient (Wildman–Crippen LogP) is 2.76. The Labute approximate surface area is 145 Å². The van der Waals surface area contributed by atoms with Gasteiger partial charge in [0.15, 0.2) is 5.76 Å². The minimum Gasteiger partial charge on any atom is -0.461 e. The average molecular weight is 337 g/mol. The fraction of sp³-hybridized carbons (Fsp3) is 0.316. The van der Waals surface area contributed by atoms with Crippen molar-refractivity contribution in [2.75, 3.05) is 13.1 Å². The number of carbonyl (C=O) groups is 2. The van der Waals surface area contributed by atoms with Gasteiger partial charge in [-0.3, -0.25) is 9.59 Å². The van der Waals surface area contributed by atoms with Crippen LogP contribution in [0.25, 0.3) is 11.0 Å². The highest BCUT2D eigenvalue weighted by atomic mass is 16.3. The fourth-order valence-electron chi connectivity index (χ4n) is 3.56. The normalized spacial score (nSPS) is 17.8. The van der Waals surface area contributed by atoms with Crippen LogP contribution in [0.3, 0.4) is 0 Å². The van der Waals surface area contributed by atoms with E-state index in [1.807, 2.05) is 31.3 Å². The Morgan fingerprint density at radius 3 is 2.80 bits per heavy atom. The third-order valence-electron chi connectivity index (χ3n) is 4.83. The first-order valence-electron chi connectivity index (χ1n) is 8.43. The molecule has 0 N–H and O–H groups in total. The standard InChI is InChI=1S/C19H19N3O3/c1-21-15-8-3-2-7-14(15)20-18(21)13-6-4-10-22(12-13)19(24)17(23)16-9-5-11-25-16/h2-3,5,7-9,11,13H,4,6,10,12H2,1H3/t13-/m1/s1. The Bertz CT molecular complexity index is 927. The SMILES string of the molecule is Cn1c([C@@H]2CCCN(C(=O)C(=O)c3ccco3)C2)nc2ccccc21. The Balaban J connectivity index is 1.57. The van der Waals surface area contributed by atoms with E-state index in [1.54, 1.807) is 11.0 Å². The van der Waals surface area contributed by atoms with Crippen molar-refractivity contribution in [1.82, 2.24) is 14.5 Å². The first-order valence-corrected chi connectivity index (χ1v) is 8.43. The maximum Gasteiger partial charge on any atom is 0.298 e. The third-order valence-corrected chi connectivity index (χ3v) is 4.83. The van der Waals surface area contributed by atoms with Crippen LogP contribution < -0.4 is 0 Å². The van der Waals surface area contributed by atoms with Crippen LogP contribution >= 0.6 is 0 Å². The number of aromatic nitrogens is 2. The molecule has 1 aliphatic rings. The van der Waals surface area contributed by atoms with Gasteiger partial charge in [0.05, 0.1) is 17.3 Å². The fourth-order valence-corrected chi connectivity index (χ4v) is 3.56. The second-order valence-corrected chi connectivity index (χ2v) is 6.41. The van der Waals surface area contributed by atoms with Crippen LogP contribution in [0.15, 0.2) is 47.1 Å². The molecule has 3 aromatic rings. The number of hydrogen-bond donors (Lipinski definition) is 0. The van der Waals surface area contributed by atoms with E-state index in [-0.39, 0.29) is 11.7 Å². The number of hydrogen-bond acceptors (Lipinski definition) is 4. The summed E-state index contributed by atoms with van der Waals surface area (Å²) in [5, 5.41) is 0. The predicted molar refractivity (Wildman–Crippen MR) is 92.3 cm³/mol. The number of ketones is 1. The van der Waals surface area contributed by atoms with Gasteiger partial charge in [-0.2, -0.15) is 0 Å². The van der Waals surface area contributed by atoms with Crippen molar-refractivity contribution in [3.63, 3.8) is 0 Å². The van der Waals surface area contributed by atoms with Crippen molar-refractivity contribution < 1.29 is 14.0 Å². The van der Waals surface area contributed by atoms with E-state index < -0.39 is 11.7 Å². The van der Waals surface area contributed by atoms with Crippen LogP contribution in [-0.4, -0.2) is 39.2 Å². The average Bonchev–Trinajstić information content (AvgIpc) is 3.29. The molecule has 1 saturated heterocycles. The first-order chi connectivity index (χ1) is 12.1. The summed E-state index contributed by atoms with van der Waals surface area (Å²) in [5.74, 6) is 0.0903.